The molecule has 7 heteroatoms. The average molecular weight is 617 g/mol. The van der Waals surface area contributed by atoms with E-state index in [2.05, 4.69) is 34.6 Å². The molecule has 7 fully saturated rings. The van der Waals surface area contributed by atoms with Crippen molar-refractivity contribution in [3.8, 4) is 0 Å². The van der Waals surface area contributed by atoms with Crippen molar-refractivity contribution in [1.82, 2.24) is 0 Å². The van der Waals surface area contributed by atoms with E-state index in [1.54, 1.807) is 13.8 Å². The highest BCUT2D eigenvalue weighted by atomic mass is 16.7. The second-order valence-electron chi connectivity index (χ2n) is 18.2. The minimum absolute atomic E-state index is 0.0339. The van der Waals surface area contributed by atoms with Crippen molar-refractivity contribution in [2.45, 2.75) is 168 Å². The molecule has 0 amide bonds. The first-order valence-electron chi connectivity index (χ1n) is 18.0. The third-order valence-electron chi connectivity index (χ3n) is 15.5. The largest absolute Gasteiger partial charge is 0.457 e. The number of aliphatic hydroxyl groups excluding tert-OH is 1. The molecule has 0 bridgehead atoms. The third kappa shape index (κ3) is 4.13. The Morgan fingerprint density at radius 2 is 1.68 bits per heavy atom. The average Bonchev–Trinajstić information content (AvgIpc) is 3.58. The van der Waals surface area contributed by atoms with E-state index in [4.69, 9.17) is 18.9 Å². The van der Waals surface area contributed by atoms with Crippen molar-refractivity contribution in [2.75, 3.05) is 6.61 Å². The molecule has 7 aliphatic rings. The highest BCUT2D eigenvalue weighted by molar-refractivity contribution is 5.66. The molecule has 2 spiro atoms. The Bertz CT molecular complexity index is 1140. The SMILES string of the molecule is CC(=O)O[C@@H]([C@H]1C[C@@H](C)[C@H]2[C@H](O1)[C@H](O)[C@@]1(C)[C@@H]3CC[C@H]4C(C)(C)[C@@H](O[C@H]5CCCCO5)CC[C@@]45C[C@@]35CC[C@]21C)C(C)(C)O. The fraction of sp³-hybridized carbons (Fsp3) is 0.973. The second kappa shape index (κ2) is 10.1. The van der Waals surface area contributed by atoms with Crippen molar-refractivity contribution < 1.29 is 34.0 Å². The van der Waals surface area contributed by atoms with Crippen LogP contribution in [-0.2, 0) is 23.7 Å². The summed E-state index contributed by atoms with van der Waals surface area (Å²) in [4.78, 5) is 12.0. The lowest BCUT2D eigenvalue weighted by Gasteiger charge is -2.64. The highest BCUT2D eigenvalue weighted by Crippen LogP contribution is 2.89. The van der Waals surface area contributed by atoms with E-state index in [0.29, 0.717) is 23.7 Å². The van der Waals surface area contributed by atoms with E-state index in [-0.39, 0.29) is 52.0 Å². The van der Waals surface area contributed by atoms with Crippen molar-refractivity contribution in [3.05, 3.63) is 0 Å². The Kier molecular flexibility index (Phi) is 7.34. The standard InChI is InChI=1S/C37H60O7/c1-21-19-23(31(33(5,6)40)42-22(2)38)43-29-28(21)34(7)16-17-37-20-36(37)15-14-26(44-27-11-9-10-18-41-27)32(3,4)24(36)12-13-25(37)35(34,8)30(29)39/h21,23-31,39-40H,9-20H2,1-8H3/t21-,23-,24+,25+,26+,27+,28+,29+,30+,31+,34-,35-,36-,37+/m1/s1. The maximum atomic E-state index is 12.5. The summed E-state index contributed by atoms with van der Waals surface area (Å²) in [7, 11) is 0. The maximum absolute atomic E-state index is 12.5. The predicted molar refractivity (Wildman–Crippen MR) is 166 cm³/mol. The smallest absolute Gasteiger partial charge is 0.303 e. The zero-order chi connectivity index (χ0) is 31.7. The molecule has 5 aliphatic carbocycles. The second-order valence-corrected chi connectivity index (χ2v) is 18.2. The zero-order valence-electron chi connectivity index (χ0n) is 28.7. The van der Waals surface area contributed by atoms with Gasteiger partial charge in [0.2, 0.25) is 0 Å². The Labute approximate surface area is 265 Å². The minimum atomic E-state index is -1.24. The molecule has 5 saturated carbocycles. The van der Waals surface area contributed by atoms with Crippen LogP contribution in [0.1, 0.15) is 126 Å². The first-order chi connectivity index (χ1) is 20.5. The summed E-state index contributed by atoms with van der Waals surface area (Å²) >= 11 is 0. The van der Waals surface area contributed by atoms with Crippen LogP contribution in [-0.4, -0.2) is 65.2 Å². The first kappa shape index (κ1) is 31.8. The van der Waals surface area contributed by atoms with Crippen LogP contribution in [0.3, 0.4) is 0 Å². The fourth-order valence-corrected chi connectivity index (χ4v) is 13.6. The number of fused-ring (bicyclic) bond motifs is 4. The van der Waals surface area contributed by atoms with Crippen molar-refractivity contribution in [3.63, 3.8) is 0 Å². The summed E-state index contributed by atoms with van der Waals surface area (Å²) in [5, 5.41) is 23.5. The number of hydrogen-bond donors (Lipinski definition) is 2. The normalized spacial score (nSPS) is 53.3. The van der Waals surface area contributed by atoms with E-state index >= 15 is 0 Å². The molecule has 7 rings (SSSR count). The zero-order valence-corrected chi connectivity index (χ0v) is 28.7. The molecule has 0 aromatic rings. The van der Waals surface area contributed by atoms with Crippen LogP contribution in [0.15, 0.2) is 0 Å². The van der Waals surface area contributed by atoms with Crippen LogP contribution in [0.5, 0.6) is 0 Å². The number of ether oxygens (including phenoxy) is 4. The molecule has 44 heavy (non-hydrogen) atoms. The maximum Gasteiger partial charge on any atom is 0.303 e. The van der Waals surface area contributed by atoms with Gasteiger partial charge in [0.15, 0.2) is 12.4 Å². The van der Waals surface area contributed by atoms with Crippen molar-refractivity contribution in [2.24, 2.45) is 50.7 Å². The van der Waals surface area contributed by atoms with Gasteiger partial charge in [-0.2, -0.15) is 0 Å². The van der Waals surface area contributed by atoms with Gasteiger partial charge in [-0.1, -0.05) is 34.6 Å². The van der Waals surface area contributed by atoms with E-state index in [1.807, 2.05) is 0 Å². The molecular weight excluding hydrogens is 556 g/mol. The summed E-state index contributed by atoms with van der Waals surface area (Å²) in [6, 6.07) is 0. The molecule has 2 saturated heterocycles. The Balaban J connectivity index is 1.16. The van der Waals surface area contributed by atoms with Gasteiger partial charge in [-0.25, -0.2) is 0 Å². The molecule has 7 nitrogen and oxygen atoms in total. The molecule has 2 aliphatic heterocycles. The molecule has 250 valence electrons. The molecule has 0 unspecified atom stereocenters. The topological polar surface area (TPSA) is 94.5 Å². The van der Waals surface area contributed by atoms with Gasteiger partial charge in [0, 0.05) is 18.9 Å². The minimum Gasteiger partial charge on any atom is -0.457 e. The van der Waals surface area contributed by atoms with E-state index in [0.717, 1.165) is 38.7 Å². The molecule has 0 aromatic carbocycles. The van der Waals surface area contributed by atoms with Gasteiger partial charge >= 0.3 is 5.97 Å². The molecule has 0 aromatic heterocycles. The number of hydrogen-bond acceptors (Lipinski definition) is 7. The Morgan fingerprint density at radius 3 is 2.34 bits per heavy atom. The van der Waals surface area contributed by atoms with Gasteiger partial charge in [0.1, 0.15) is 0 Å². The number of carbonyl (C=O) groups excluding carboxylic acids is 1. The van der Waals surface area contributed by atoms with Crippen molar-refractivity contribution >= 4 is 5.97 Å². The lowest BCUT2D eigenvalue weighted by atomic mass is 9.41. The van der Waals surface area contributed by atoms with Crippen LogP contribution >= 0.6 is 0 Å². The van der Waals surface area contributed by atoms with Gasteiger partial charge in [0.05, 0.1) is 30.0 Å². The van der Waals surface area contributed by atoms with Gasteiger partial charge in [-0.3, -0.25) is 4.79 Å². The Hall–Kier alpha value is -0.730. The van der Waals surface area contributed by atoms with Crippen LogP contribution in [0.25, 0.3) is 0 Å². The highest BCUT2D eigenvalue weighted by Gasteiger charge is 2.84. The summed E-state index contributed by atoms with van der Waals surface area (Å²) < 4.78 is 25.3. The third-order valence-corrected chi connectivity index (χ3v) is 15.5. The number of aliphatic hydroxyl groups is 2. The van der Waals surface area contributed by atoms with Crippen LogP contribution in [0.4, 0.5) is 0 Å². The number of carbonyl (C=O) groups is 1. The van der Waals surface area contributed by atoms with Crippen molar-refractivity contribution in [1.29, 1.82) is 0 Å². The summed E-state index contributed by atoms with van der Waals surface area (Å²) in [6.07, 6.45) is 10.5. The quantitative estimate of drug-likeness (QED) is 0.272. The van der Waals surface area contributed by atoms with Gasteiger partial charge < -0.3 is 29.2 Å². The first-order valence-corrected chi connectivity index (χ1v) is 18.0. The van der Waals surface area contributed by atoms with E-state index in [1.165, 1.54) is 39.0 Å². The molecule has 2 heterocycles. The van der Waals surface area contributed by atoms with E-state index in [9.17, 15) is 15.0 Å². The van der Waals surface area contributed by atoms with Crippen LogP contribution < -0.4 is 0 Å². The summed E-state index contributed by atoms with van der Waals surface area (Å²) in [5.74, 6) is 1.21. The molecule has 0 radical (unpaired) electrons. The number of rotatable bonds is 5. The van der Waals surface area contributed by atoms with Gasteiger partial charge in [0.25, 0.3) is 0 Å². The number of esters is 1. The van der Waals surface area contributed by atoms with Crippen LogP contribution in [0, 0.1) is 50.7 Å². The fourth-order valence-electron chi connectivity index (χ4n) is 13.6. The Morgan fingerprint density at radius 1 is 0.977 bits per heavy atom. The predicted octanol–water partition coefficient (Wildman–Crippen LogP) is 6.41. The summed E-state index contributed by atoms with van der Waals surface area (Å²) in [5.41, 5.74) is -0.788. The lowest BCUT2D eigenvalue weighted by Crippen LogP contribution is -2.60. The van der Waals surface area contributed by atoms with Gasteiger partial charge in [-0.05, 0) is 130 Å². The van der Waals surface area contributed by atoms with E-state index < -0.39 is 29.9 Å². The monoisotopic (exact) mass is 616 g/mol. The summed E-state index contributed by atoms with van der Waals surface area (Å²) in [6.45, 7) is 17.7. The van der Waals surface area contributed by atoms with Crippen LogP contribution in [0.2, 0.25) is 0 Å². The lowest BCUT2D eigenvalue weighted by molar-refractivity contribution is -0.242. The molecular formula is C37H60O7. The molecule has 14 atom stereocenters. The molecule has 2 N–H and O–H groups in total. The van der Waals surface area contributed by atoms with Gasteiger partial charge in [-0.15, -0.1) is 0 Å².